The van der Waals surface area contributed by atoms with Crippen LogP contribution >= 0.6 is 12.4 Å². The zero-order valence-corrected chi connectivity index (χ0v) is 15.9. The molecule has 0 aromatic heterocycles. The Labute approximate surface area is 156 Å². The largest absolute Gasteiger partial charge is 0.494 e. The molecule has 1 heterocycles. The maximum Gasteiger partial charge on any atom is 0.222 e. The van der Waals surface area contributed by atoms with Gasteiger partial charge in [-0.3, -0.25) is 9.59 Å². The molecule has 2 rings (SSSR count). The van der Waals surface area contributed by atoms with E-state index in [1.165, 1.54) is 0 Å². The van der Waals surface area contributed by atoms with Crippen LogP contribution in [0.4, 0.5) is 0 Å². The zero-order valence-electron chi connectivity index (χ0n) is 15.1. The van der Waals surface area contributed by atoms with Crippen molar-refractivity contribution in [3.8, 4) is 5.75 Å². The van der Waals surface area contributed by atoms with Gasteiger partial charge in [-0.15, -0.1) is 12.4 Å². The number of nitrogens with zero attached hydrogens (tertiary/aromatic N) is 1. The Bertz CT molecular complexity index is 542. The minimum atomic E-state index is 0. The van der Waals surface area contributed by atoms with Crippen molar-refractivity contribution in [2.75, 3.05) is 26.2 Å². The highest BCUT2D eigenvalue weighted by Gasteiger charge is 2.25. The van der Waals surface area contributed by atoms with Crippen molar-refractivity contribution in [2.45, 2.75) is 45.6 Å². The van der Waals surface area contributed by atoms with Gasteiger partial charge in [-0.1, -0.05) is 6.92 Å². The summed E-state index contributed by atoms with van der Waals surface area (Å²) in [6.07, 6.45) is 3.25. The molecular weight excluding hydrogens is 340 g/mol. The lowest BCUT2D eigenvalue weighted by molar-refractivity contribution is -0.133. The predicted molar refractivity (Wildman–Crippen MR) is 102 cm³/mol. The maximum absolute atomic E-state index is 12.5. The minimum absolute atomic E-state index is 0. The Kier molecular flexibility index (Phi) is 9.53. The SMILES string of the molecule is CCCN(C(=O)CCCOc1ccc(C(C)=O)cc1)C1CCNC1.Cl. The van der Waals surface area contributed by atoms with Gasteiger partial charge in [0.25, 0.3) is 0 Å². The van der Waals surface area contributed by atoms with Gasteiger partial charge in [-0.2, -0.15) is 0 Å². The van der Waals surface area contributed by atoms with Gasteiger partial charge in [0.1, 0.15) is 5.75 Å². The smallest absolute Gasteiger partial charge is 0.222 e. The summed E-state index contributed by atoms with van der Waals surface area (Å²) in [5, 5.41) is 3.32. The van der Waals surface area contributed by atoms with Gasteiger partial charge in [-0.25, -0.2) is 0 Å². The number of ether oxygens (including phenoxy) is 1. The molecule has 140 valence electrons. The molecule has 1 atom stereocenters. The van der Waals surface area contributed by atoms with Crippen LogP contribution in [-0.2, 0) is 4.79 Å². The topological polar surface area (TPSA) is 58.6 Å². The molecule has 0 radical (unpaired) electrons. The molecule has 25 heavy (non-hydrogen) atoms. The van der Waals surface area contributed by atoms with Crippen LogP contribution in [0.5, 0.6) is 5.75 Å². The Morgan fingerprint density at radius 2 is 2.00 bits per heavy atom. The highest BCUT2D eigenvalue weighted by atomic mass is 35.5. The standard InChI is InChI=1S/C19H28N2O3.ClH/c1-3-12-21(17-10-11-20-14-17)19(23)5-4-13-24-18-8-6-16(7-9-18)15(2)22;/h6-9,17,20H,3-5,10-14H2,1-2H3;1H. The summed E-state index contributed by atoms with van der Waals surface area (Å²) in [5.41, 5.74) is 0.679. The number of hydrogen-bond acceptors (Lipinski definition) is 4. The number of Topliss-reactive ketones (excluding diaryl/α,β-unsaturated/α-hetero) is 1. The first-order valence-electron chi connectivity index (χ1n) is 8.85. The summed E-state index contributed by atoms with van der Waals surface area (Å²) in [7, 11) is 0. The molecule has 0 spiro atoms. The van der Waals surface area contributed by atoms with Crippen LogP contribution in [0.2, 0.25) is 0 Å². The van der Waals surface area contributed by atoms with Crippen molar-refractivity contribution in [3.05, 3.63) is 29.8 Å². The lowest BCUT2D eigenvalue weighted by Crippen LogP contribution is -2.42. The Morgan fingerprint density at radius 3 is 2.56 bits per heavy atom. The van der Waals surface area contributed by atoms with Gasteiger partial charge < -0.3 is 15.0 Å². The fraction of sp³-hybridized carbons (Fsp3) is 0.579. The number of carbonyl (C=O) groups excluding carboxylic acids is 2. The van der Waals surface area contributed by atoms with E-state index >= 15 is 0 Å². The molecule has 1 saturated heterocycles. The van der Waals surface area contributed by atoms with E-state index in [9.17, 15) is 9.59 Å². The van der Waals surface area contributed by atoms with E-state index in [0.29, 0.717) is 31.1 Å². The second-order valence-electron chi connectivity index (χ2n) is 6.27. The average Bonchev–Trinajstić information content (AvgIpc) is 3.11. The molecule has 6 heteroatoms. The number of ketones is 1. The van der Waals surface area contributed by atoms with E-state index < -0.39 is 0 Å². The molecule has 1 aromatic carbocycles. The predicted octanol–water partition coefficient (Wildman–Crippen LogP) is 3.07. The van der Waals surface area contributed by atoms with Crippen LogP contribution in [0.15, 0.2) is 24.3 Å². The first kappa shape index (κ1) is 21.5. The third kappa shape index (κ3) is 6.67. The highest BCUT2D eigenvalue weighted by molar-refractivity contribution is 5.94. The second kappa shape index (κ2) is 11.1. The molecular formula is C19H29ClN2O3. The van der Waals surface area contributed by atoms with Crippen LogP contribution in [0, 0.1) is 0 Å². The average molecular weight is 369 g/mol. The summed E-state index contributed by atoms with van der Waals surface area (Å²) in [6, 6.07) is 7.47. The van der Waals surface area contributed by atoms with Crippen LogP contribution in [0.3, 0.4) is 0 Å². The van der Waals surface area contributed by atoms with Crippen LogP contribution in [-0.4, -0.2) is 48.9 Å². The van der Waals surface area contributed by atoms with Gasteiger partial charge in [0.2, 0.25) is 5.91 Å². The third-order valence-electron chi connectivity index (χ3n) is 4.32. The van der Waals surface area contributed by atoms with Crippen molar-refractivity contribution < 1.29 is 14.3 Å². The van der Waals surface area contributed by atoms with Crippen molar-refractivity contribution in [2.24, 2.45) is 0 Å². The molecule has 0 bridgehead atoms. The first-order valence-corrected chi connectivity index (χ1v) is 8.85. The van der Waals surface area contributed by atoms with E-state index in [-0.39, 0.29) is 24.1 Å². The van der Waals surface area contributed by atoms with Gasteiger partial charge in [-0.05, 0) is 57.0 Å². The maximum atomic E-state index is 12.5. The van der Waals surface area contributed by atoms with Crippen LogP contribution < -0.4 is 10.1 Å². The van der Waals surface area contributed by atoms with E-state index in [1.54, 1.807) is 31.2 Å². The molecule has 1 aliphatic heterocycles. The summed E-state index contributed by atoms with van der Waals surface area (Å²) in [4.78, 5) is 25.7. The molecule has 1 unspecified atom stereocenters. The molecule has 0 saturated carbocycles. The summed E-state index contributed by atoms with van der Waals surface area (Å²) in [5.74, 6) is 1.00. The van der Waals surface area contributed by atoms with E-state index in [0.717, 1.165) is 38.2 Å². The van der Waals surface area contributed by atoms with E-state index in [2.05, 4.69) is 12.2 Å². The van der Waals surface area contributed by atoms with Crippen molar-refractivity contribution in [3.63, 3.8) is 0 Å². The number of halogens is 1. The third-order valence-corrected chi connectivity index (χ3v) is 4.32. The van der Waals surface area contributed by atoms with Gasteiger partial charge in [0, 0.05) is 31.1 Å². The first-order chi connectivity index (χ1) is 11.6. The summed E-state index contributed by atoms with van der Waals surface area (Å²) in [6.45, 7) is 6.90. The molecule has 1 fully saturated rings. The van der Waals surface area contributed by atoms with Crippen LogP contribution in [0.1, 0.15) is 49.9 Å². The number of benzene rings is 1. The zero-order chi connectivity index (χ0) is 17.4. The number of rotatable bonds is 9. The van der Waals surface area contributed by atoms with Crippen LogP contribution in [0.25, 0.3) is 0 Å². The Hall–Kier alpha value is -1.59. The molecule has 1 aliphatic rings. The number of amides is 1. The molecule has 5 nitrogen and oxygen atoms in total. The Morgan fingerprint density at radius 1 is 1.28 bits per heavy atom. The highest BCUT2D eigenvalue weighted by Crippen LogP contribution is 2.14. The van der Waals surface area contributed by atoms with E-state index in [4.69, 9.17) is 4.74 Å². The van der Waals surface area contributed by atoms with E-state index in [1.807, 2.05) is 4.90 Å². The summed E-state index contributed by atoms with van der Waals surface area (Å²) < 4.78 is 5.66. The van der Waals surface area contributed by atoms with Crippen molar-refractivity contribution in [1.29, 1.82) is 0 Å². The lowest BCUT2D eigenvalue weighted by atomic mass is 10.1. The fourth-order valence-electron chi connectivity index (χ4n) is 3.00. The van der Waals surface area contributed by atoms with Gasteiger partial charge >= 0.3 is 0 Å². The molecule has 1 N–H and O–H groups in total. The normalized spacial score (nSPS) is 16.2. The molecule has 1 amide bonds. The Balaban J connectivity index is 0.00000312. The van der Waals surface area contributed by atoms with Gasteiger partial charge in [0.15, 0.2) is 5.78 Å². The molecule has 1 aromatic rings. The molecule has 0 aliphatic carbocycles. The summed E-state index contributed by atoms with van der Waals surface area (Å²) >= 11 is 0. The fourth-order valence-corrected chi connectivity index (χ4v) is 3.00. The lowest BCUT2D eigenvalue weighted by Gasteiger charge is -2.28. The van der Waals surface area contributed by atoms with Crippen molar-refractivity contribution >= 4 is 24.1 Å². The number of carbonyl (C=O) groups is 2. The number of nitrogens with one attached hydrogen (secondary N) is 1. The quantitative estimate of drug-likeness (QED) is 0.537. The minimum Gasteiger partial charge on any atom is -0.494 e. The number of hydrogen-bond donors (Lipinski definition) is 1. The second-order valence-corrected chi connectivity index (χ2v) is 6.27. The van der Waals surface area contributed by atoms with Crippen molar-refractivity contribution in [1.82, 2.24) is 10.2 Å². The van der Waals surface area contributed by atoms with Gasteiger partial charge in [0.05, 0.1) is 6.61 Å². The monoisotopic (exact) mass is 368 g/mol.